The van der Waals surface area contributed by atoms with Crippen molar-refractivity contribution in [2.75, 3.05) is 16.8 Å². The predicted octanol–water partition coefficient (Wildman–Crippen LogP) is 3.55. The molecule has 24 heavy (non-hydrogen) atoms. The van der Waals surface area contributed by atoms with Crippen molar-refractivity contribution in [3.63, 3.8) is 0 Å². The third kappa shape index (κ3) is 5.70. The number of carbonyl (C=O) groups is 1. The van der Waals surface area contributed by atoms with Crippen LogP contribution >= 0.6 is 0 Å². The molecule has 5 nitrogen and oxygen atoms in total. The second-order valence-corrected chi connectivity index (χ2v) is 7.77. The van der Waals surface area contributed by atoms with Crippen molar-refractivity contribution >= 4 is 21.4 Å². The fraction of sp³-hybridized carbons (Fsp3) is 0.278. The highest BCUT2D eigenvalue weighted by Gasteiger charge is 2.15. The maximum Gasteiger partial charge on any atom is 0.239 e. The van der Waals surface area contributed by atoms with Crippen LogP contribution in [0.25, 0.3) is 0 Å². The number of hydrogen-bond donors (Lipinski definition) is 1. The zero-order chi connectivity index (χ0) is 17.6. The molecule has 2 aromatic carbocycles. The molecule has 6 heteroatoms. The van der Waals surface area contributed by atoms with E-state index in [2.05, 4.69) is 5.32 Å². The zero-order valence-corrected chi connectivity index (χ0v) is 14.6. The Balaban J connectivity index is 1.95. The van der Waals surface area contributed by atoms with Crippen LogP contribution in [0, 0.1) is 6.92 Å². The maximum atomic E-state index is 11.8. The fourth-order valence-electron chi connectivity index (χ4n) is 2.20. The number of amides is 1. The summed E-state index contributed by atoms with van der Waals surface area (Å²) < 4.78 is 29.0. The number of hydrogen-bond acceptors (Lipinski definition) is 4. The Morgan fingerprint density at radius 3 is 2.42 bits per heavy atom. The van der Waals surface area contributed by atoms with Crippen molar-refractivity contribution in [1.82, 2.24) is 0 Å². The second kappa shape index (κ2) is 7.97. The van der Waals surface area contributed by atoms with Crippen molar-refractivity contribution in [2.24, 2.45) is 0 Å². The first kappa shape index (κ1) is 18.0. The molecular formula is C18H21NO4S. The Morgan fingerprint density at radius 2 is 1.79 bits per heavy atom. The summed E-state index contributed by atoms with van der Waals surface area (Å²) in [5.74, 6) is 0.358. The molecule has 0 saturated heterocycles. The highest BCUT2D eigenvalue weighted by molar-refractivity contribution is 7.92. The van der Waals surface area contributed by atoms with Crippen molar-refractivity contribution in [3.05, 3.63) is 54.1 Å². The van der Waals surface area contributed by atoms with Gasteiger partial charge in [-0.2, -0.15) is 0 Å². The number of aryl methyl sites for hydroxylation is 1. The number of carbonyl (C=O) groups excluding carboxylic acids is 1. The maximum absolute atomic E-state index is 11.8. The molecule has 0 fully saturated rings. The number of rotatable bonds is 7. The van der Waals surface area contributed by atoms with Crippen LogP contribution < -0.4 is 10.1 Å². The van der Waals surface area contributed by atoms with E-state index in [9.17, 15) is 13.2 Å². The molecule has 1 N–H and O–H groups in total. The van der Waals surface area contributed by atoms with Gasteiger partial charge in [0.05, 0.1) is 5.75 Å². The minimum atomic E-state index is -3.34. The Labute approximate surface area is 142 Å². The molecular weight excluding hydrogens is 326 g/mol. The topological polar surface area (TPSA) is 72.5 Å². The summed E-state index contributed by atoms with van der Waals surface area (Å²) in [5, 5.41) is 2.58. The van der Waals surface area contributed by atoms with Crippen molar-refractivity contribution < 1.29 is 17.9 Å². The summed E-state index contributed by atoms with van der Waals surface area (Å²) >= 11 is 0. The van der Waals surface area contributed by atoms with Gasteiger partial charge in [-0.3, -0.25) is 4.79 Å². The highest BCUT2D eigenvalue weighted by atomic mass is 32.2. The Morgan fingerprint density at radius 1 is 1.08 bits per heavy atom. The Hall–Kier alpha value is -2.34. The first-order valence-corrected chi connectivity index (χ1v) is 9.55. The van der Waals surface area contributed by atoms with Gasteiger partial charge in [0.15, 0.2) is 9.84 Å². The zero-order valence-electron chi connectivity index (χ0n) is 13.8. The highest BCUT2D eigenvalue weighted by Crippen LogP contribution is 2.23. The second-order valence-electron chi connectivity index (χ2n) is 5.58. The quantitative estimate of drug-likeness (QED) is 0.831. The van der Waals surface area contributed by atoms with Crippen LogP contribution in [0.3, 0.4) is 0 Å². The summed E-state index contributed by atoms with van der Waals surface area (Å²) in [5.41, 5.74) is 1.63. The molecule has 1 amide bonds. The molecule has 0 radical (unpaired) electrons. The van der Waals surface area contributed by atoms with E-state index in [1.165, 1.54) is 0 Å². The van der Waals surface area contributed by atoms with Gasteiger partial charge in [-0.1, -0.05) is 19.1 Å². The molecule has 2 rings (SSSR count). The fourth-order valence-corrected chi connectivity index (χ4v) is 3.44. The summed E-state index contributed by atoms with van der Waals surface area (Å²) in [4.78, 5) is 11.8. The summed E-state index contributed by atoms with van der Waals surface area (Å²) in [6.07, 6.45) is 0.501. The van der Waals surface area contributed by atoms with Gasteiger partial charge in [0.2, 0.25) is 5.91 Å². The normalized spacial score (nSPS) is 11.1. The average molecular weight is 347 g/mol. The van der Waals surface area contributed by atoms with Crippen molar-refractivity contribution in [2.45, 2.75) is 20.3 Å². The van der Waals surface area contributed by atoms with Crippen LogP contribution in [0.2, 0.25) is 0 Å². The lowest BCUT2D eigenvalue weighted by Gasteiger charge is -2.09. The molecule has 0 aliphatic carbocycles. The van der Waals surface area contributed by atoms with Crippen LogP contribution in [0.4, 0.5) is 5.69 Å². The Kier molecular flexibility index (Phi) is 5.98. The standard InChI is InChI=1S/C18H21NO4S/c1-3-11-24(21,22)13-18(20)19-15-7-9-16(10-8-15)23-17-6-4-5-14(2)12-17/h4-10,12H,3,11,13H2,1-2H3,(H,19,20). The third-order valence-corrected chi connectivity index (χ3v) is 4.96. The van der Waals surface area contributed by atoms with Crippen molar-refractivity contribution in [1.29, 1.82) is 0 Å². The number of benzene rings is 2. The molecule has 0 aliphatic rings. The molecule has 0 saturated carbocycles. The van der Waals surface area contributed by atoms with E-state index in [1.807, 2.05) is 31.2 Å². The van der Waals surface area contributed by atoms with E-state index in [0.717, 1.165) is 11.3 Å². The molecule has 0 aromatic heterocycles. The molecule has 0 unspecified atom stereocenters. The largest absolute Gasteiger partial charge is 0.457 e. The lowest BCUT2D eigenvalue weighted by atomic mass is 10.2. The van der Waals surface area contributed by atoms with Gasteiger partial charge < -0.3 is 10.1 Å². The minimum absolute atomic E-state index is 0.0175. The van der Waals surface area contributed by atoms with E-state index in [-0.39, 0.29) is 5.75 Å². The van der Waals surface area contributed by atoms with Gasteiger partial charge in [-0.05, 0) is 55.3 Å². The smallest absolute Gasteiger partial charge is 0.239 e. The van der Waals surface area contributed by atoms with Crippen LogP contribution in [0.1, 0.15) is 18.9 Å². The lowest BCUT2D eigenvalue weighted by molar-refractivity contribution is -0.113. The molecule has 128 valence electrons. The van der Waals surface area contributed by atoms with E-state index in [4.69, 9.17) is 4.74 Å². The molecule has 0 aliphatic heterocycles. The van der Waals surface area contributed by atoms with E-state index in [1.54, 1.807) is 31.2 Å². The van der Waals surface area contributed by atoms with Crippen LogP contribution in [-0.2, 0) is 14.6 Å². The number of ether oxygens (including phenoxy) is 1. The minimum Gasteiger partial charge on any atom is -0.457 e. The van der Waals surface area contributed by atoms with Crippen LogP contribution in [0.15, 0.2) is 48.5 Å². The first-order chi connectivity index (χ1) is 11.4. The summed E-state index contributed by atoms with van der Waals surface area (Å²) in [6.45, 7) is 3.75. The summed E-state index contributed by atoms with van der Waals surface area (Å²) in [6, 6.07) is 14.5. The first-order valence-electron chi connectivity index (χ1n) is 7.73. The molecule has 0 bridgehead atoms. The van der Waals surface area contributed by atoms with Crippen molar-refractivity contribution in [3.8, 4) is 11.5 Å². The number of nitrogens with one attached hydrogen (secondary N) is 1. The molecule has 0 heterocycles. The van der Waals surface area contributed by atoms with Gasteiger partial charge in [-0.15, -0.1) is 0 Å². The average Bonchev–Trinajstić information content (AvgIpc) is 2.48. The van der Waals surface area contributed by atoms with E-state index in [0.29, 0.717) is 17.9 Å². The number of anilines is 1. The molecule has 2 aromatic rings. The van der Waals surface area contributed by atoms with Gasteiger partial charge >= 0.3 is 0 Å². The predicted molar refractivity (Wildman–Crippen MR) is 95.3 cm³/mol. The summed E-state index contributed by atoms with van der Waals surface area (Å²) in [7, 11) is -3.34. The number of sulfone groups is 1. The van der Waals surface area contributed by atoms with Gasteiger partial charge in [-0.25, -0.2) is 8.42 Å². The van der Waals surface area contributed by atoms with E-state index < -0.39 is 21.5 Å². The van der Waals surface area contributed by atoms with Crippen LogP contribution in [0.5, 0.6) is 11.5 Å². The molecule has 0 spiro atoms. The Bertz CT molecular complexity index is 798. The van der Waals surface area contributed by atoms with Gasteiger partial charge in [0.25, 0.3) is 0 Å². The third-order valence-electron chi connectivity index (χ3n) is 3.23. The van der Waals surface area contributed by atoms with E-state index >= 15 is 0 Å². The SMILES string of the molecule is CCCS(=O)(=O)CC(=O)Nc1ccc(Oc2cccc(C)c2)cc1. The monoisotopic (exact) mass is 347 g/mol. The van der Waals surface area contributed by atoms with Gasteiger partial charge in [0, 0.05) is 5.69 Å². The molecule has 0 atom stereocenters. The van der Waals surface area contributed by atoms with Crippen LogP contribution in [-0.4, -0.2) is 25.8 Å². The lowest BCUT2D eigenvalue weighted by Crippen LogP contribution is -2.24. The van der Waals surface area contributed by atoms with Gasteiger partial charge in [0.1, 0.15) is 17.3 Å².